The molecule has 6 heteroatoms. The van der Waals surface area contributed by atoms with Crippen LogP contribution in [0.4, 0.5) is 4.79 Å². The van der Waals surface area contributed by atoms with Gasteiger partial charge in [0, 0.05) is 12.6 Å². The SMILES string of the molecule is CCOC(=O)NC(=O)CN1CCCC(C)C1CN. The van der Waals surface area contributed by atoms with Crippen molar-refractivity contribution in [2.45, 2.75) is 32.7 Å². The summed E-state index contributed by atoms with van der Waals surface area (Å²) in [7, 11) is 0. The first kappa shape index (κ1) is 14.9. The zero-order chi connectivity index (χ0) is 13.5. The van der Waals surface area contributed by atoms with Crippen molar-refractivity contribution in [3.8, 4) is 0 Å². The normalized spacial score (nSPS) is 24.6. The van der Waals surface area contributed by atoms with Crippen molar-refractivity contribution < 1.29 is 14.3 Å². The second-order valence-corrected chi connectivity index (χ2v) is 4.66. The number of amides is 2. The molecule has 0 saturated carbocycles. The minimum atomic E-state index is -0.683. The number of piperidine rings is 1. The third kappa shape index (κ3) is 4.27. The molecule has 1 rings (SSSR count). The van der Waals surface area contributed by atoms with Crippen molar-refractivity contribution in [3.05, 3.63) is 0 Å². The molecule has 0 aromatic carbocycles. The predicted octanol–water partition coefficient (Wildman–Crippen LogP) is 0.318. The molecule has 0 aromatic rings. The number of imide groups is 1. The van der Waals surface area contributed by atoms with E-state index in [0.717, 1.165) is 19.4 Å². The van der Waals surface area contributed by atoms with Gasteiger partial charge in [-0.05, 0) is 32.2 Å². The highest BCUT2D eigenvalue weighted by molar-refractivity contribution is 5.92. The number of likely N-dealkylation sites (tertiary alicyclic amines) is 1. The molecular weight excluding hydrogens is 234 g/mol. The average molecular weight is 257 g/mol. The van der Waals surface area contributed by atoms with Gasteiger partial charge >= 0.3 is 6.09 Å². The molecule has 0 bridgehead atoms. The van der Waals surface area contributed by atoms with E-state index < -0.39 is 6.09 Å². The van der Waals surface area contributed by atoms with Gasteiger partial charge in [0.2, 0.25) is 5.91 Å². The lowest BCUT2D eigenvalue weighted by atomic mass is 9.91. The van der Waals surface area contributed by atoms with Crippen LogP contribution in [0.1, 0.15) is 26.7 Å². The molecule has 1 aliphatic rings. The largest absolute Gasteiger partial charge is 0.450 e. The van der Waals surface area contributed by atoms with Gasteiger partial charge in [0.15, 0.2) is 0 Å². The maximum absolute atomic E-state index is 11.7. The quantitative estimate of drug-likeness (QED) is 0.757. The van der Waals surface area contributed by atoms with E-state index in [1.807, 2.05) is 4.90 Å². The van der Waals surface area contributed by atoms with Gasteiger partial charge in [0.1, 0.15) is 0 Å². The van der Waals surface area contributed by atoms with Crippen LogP contribution >= 0.6 is 0 Å². The molecule has 2 unspecified atom stereocenters. The third-order valence-corrected chi connectivity index (χ3v) is 3.34. The average Bonchev–Trinajstić information content (AvgIpc) is 2.29. The molecule has 104 valence electrons. The smallest absolute Gasteiger partial charge is 0.413 e. The monoisotopic (exact) mass is 257 g/mol. The molecule has 0 spiro atoms. The number of carbonyl (C=O) groups is 2. The number of hydrogen-bond acceptors (Lipinski definition) is 5. The van der Waals surface area contributed by atoms with Crippen molar-refractivity contribution in [1.82, 2.24) is 10.2 Å². The Morgan fingerprint density at radius 1 is 1.50 bits per heavy atom. The Balaban J connectivity index is 2.44. The Morgan fingerprint density at radius 3 is 2.83 bits per heavy atom. The van der Waals surface area contributed by atoms with Gasteiger partial charge in [-0.25, -0.2) is 4.79 Å². The van der Waals surface area contributed by atoms with Crippen molar-refractivity contribution >= 4 is 12.0 Å². The molecule has 2 atom stereocenters. The van der Waals surface area contributed by atoms with E-state index in [1.54, 1.807) is 6.92 Å². The highest BCUT2D eigenvalue weighted by atomic mass is 16.5. The molecule has 1 fully saturated rings. The van der Waals surface area contributed by atoms with E-state index in [2.05, 4.69) is 17.0 Å². The molecule has 0 aliphatic carbocycles. The summed E-state index contributed by atoms with van der Waals surface area (Å²) in [6.07, 6.45) is 1.51. The van der Waals surface area contributed by atoms with Crippen LogP contribution in [0.3, 0.4) is 0 Å². The summed E-state index contributed by atoms with van der Waals surface area (Å²) in [5.74, 6) is 0.153. The summed E-state index contributed by atoms with van der Waals surface area (Å²) in [4.78, 5) is 24.8. The Labute approximate surface area is 108 Å². The van der Waals surface area contributed by atoms with E-state index in [-0.39, 0.29) is 25.1 Å². The fourth-order valence-electron chi connectivity index (χ4n) is 2.42. The first-order valence-electron chi connectivity index (χ1n) is 6.49. The van der Waals surface area contributed by atoms with E-state index in [0.29, 0.717) is 12.5 Å². The number of ether oxygens (including phenoxy) is 1. The third-order valence-electron chi connectivity index (χ3n) is 3.34. The first-order valence-corrected chi connectivity index (χ1v) is 6.49. The maximum atomic E-state index is 11.7. The second kappa shape index (κ2) is 7.33. The van der Waals surface area contributed by atoms with Crippen LogP contribution in [0.5, 0.6) is 0 Å². The fourth-order valence-corrected chi connectivity index (χ4v) is 2.42. The number of nitrogens with two attached hydrogens (primary N) is 1. The lowest BCUT2D eigenvalue weighted by Gasteiger charge is -2.38. The van der Waals surface area contributed by atoms with Crippen molar-refractivity contribution in [2.75, 3.05) is 26.2 Å². The molecule has 3 N–H and O–H groups in total. The molecule has 6 nitrogen and oxygen atoms in total. The van der Waals surface area contributed by atoms with Gasteiger partial charge in [0.25, 0.3) is 0 Å². The van der Waals surface area contributed by atoms with Crippen molar-refractivity contribution in [1.29, 1.82) is 0 Å². The van der Waals surface area contributed by atoms with Gasteiger partial charge < -0.3 is 10.5 Å². The summed E-state index contributed by atoms with van der Waals surface area (Å²) < 4.78 is 4.66. The predicted molar refractivity (Wildman–Crippen MR) is 68.0 cm³/mol. The van der Waals surface area contributed by atoms with Crippen LogP contribution < -0.4 is 11.1 Å². The Bertz CT molecular complexity index is 296. The first-order chi connectivity index (χ1) is 8.58. The zero-order valence-corrected chi connectivity index (χ0v) is 11.1. The van der Waals surface area contributed by atoms with E-state index in [1.165, 1.54) is 0 Å². The number of nitrogens with zero attached hydrogens (tertiary/aromatic N) is 1. The second-order valence-electron chi connectivity index (χ2n) is 4.66. The van der Waals surface area contributed by atoms with Crippen LogP contribution in [0, 0.1) is 5.92 Å². The van der Waals surface area contributed by atoms with E-state index in [4.69, 9.17) is 5.73 Å². The molecule has 0 aromatic heterocycles. The van der Waals surface area contributed by atoms with Gasteiger partial charge in [-0.2, -0.15) is 0 Å². The summed E-state index contributed by atoms with van der Waals surface area (Å²) in [5, 5.41) is 2.21. The summed E-state index contributed by atoms with van der Waals surface area (Å²) in [5.41, 5.74) is 5.74. The molecule has 0 radical (unpaired) electrons. The summed E-state index contributed by atoms with van der Waals surface area (Å²) >= 11 is 0. The lowest BCUT2D eigenvalue weighted by Crippen LogP contribution is -2.52. The molecule has 1 heterocycles. The minimum absolute atomic E-state index is 0.199. The standard InChI is InChI=1S/C12H23N3O3/c1-3-18-12(17)14-11(16)8-15-6-4-5-9(2)10(15)7-13/h9-10H,3-8,13H2,1-2H3,(H,14,16,17). The number of rotatable bonds is 4. The highest BCUT2D eigenvalue weighted by Crippen LogP contribution is 2.21. The lowest BCUT2D eigenvalue weighted by molar-refractivity contribution is -0.122. The van der Waals surface area contributed by atoms with E-state index in [9.17, 15) is 9.59 Å². The Kier molecular flexibility index (Phi) is 6.07. The topological polar surface area (TPSA) is 84.7 Å². The number of nitrogens with one attached hydrogen (secondary N) is 1. The van der Waals surface area contributed by atoms with Crippen LogP contribution in [-0.2, 0) is 9.53 Å². The van der Waals surface area contributed by atoms with Crippen molar-refractivity contribution in [2.24, 2.45) is 11.7 Å². The number of carbonyl (C=O) groups excluding carboxylic acids is 2. The van der Waals surface area contributed by atoms with Gasteiger partial charge in [-0.15, -0.1) is 0 Å². The Hall–Kier alpha value is -1.14. The molecule has 2 amide bonds. The van der Waals surface area contributed by atoms with Crippen LogP contribution in [-0.4, -0.2) is 49.2 Å². The molecule has 18 heavy (non-hydrogen) atoms. The summed E-state index contributed by atoms with van der Waals surface area (Å²) in [6.45, 7) is 5.68. The van der Waals surface area contributed by atoms with Crippen molar-refractivity contribution in [3.63, 3.8) is 0 Å². The van der Waals surface area contributed by atoms with Gasteiger partial charge in [0.05, 0.1) is 13.2 Å². The molecular formula is C12H23N3O3. The zero-order valence-electron chi connectivity index (χ0n) is 11.1. The van der Waals surface area contributed by atoms with Gasteiger partial charge in [-0.1, -0.05) is 6.92 Å². The minimum Gasteiger partial charge on any atom is -0.450 e. The van der Waals surface area contributed by atoms with Crippen LogP contribution in [0.2, 0.25) is 0 Å². The summed E-state index contributed by atoms with van der Waals surface area (Å²) in [6, 6.07) is 0.215. The Morgan fingerprint density at radius 2 is 2.22 bits per heavy atom. The van der Waals surface area contributed by atoms with Gasteiger partial charge in [-0.3, -0.25) is 15.0 Å². The van der Waals surface area contributed by atoms with E-state index >= 15 is 0 Å². The highest BCUT2D eigenvalue weighted by Gasteiger charge is 2.28. The molecule has 1 saturated heterocycles. The fraction of sp³-hybridized carbons (Fsp3) is 0.833. The number of alkyl carbamates (subject to hydrolysis) is 1. The van der Waals surface area contributed by atoms with Crippen LogP contribution in [0.25, 0.3) is 0 Å². The number of hydrogen-bond donors (Lipinski definition) is 2. The maximum Gasteiger partial charge on any atom is 0.413 e. The van der Waals surface area contributed by atoms with Crippen LogP contribution in [0.15, 0.2) is 0 Å². The molecule has 1 aliphatic heterocycles.